The highest BCUT2D eigenvalue weighted by molar-refractivity contribution is 6.11. The molecule has 5 nitrogen and oxygen atoms in total. The van der Waals surface area contributed by atoms with Crippen LogP contribution >= 0.6 is 0 Å². The van der Waals surface area contributed by atoms with Crippen molar-refractivity contribution < 1.29 is 14.5 Å². The van der Waals surface area contributed by atoms with Crippen molar-refractivity contribution in [3.8, 4) is 0 Å². The molecule has 0 fully saturated rings. The van der Waals surface area contributed by atoms with E-state index in [9.17, 15) is 9.59 Å². The number of quaternary nitrogens is 1. The maximum atomic E-state index is 13.1. The number of aromatic nitrogens is 1. The number of rotatable bonds is 6. The molecule has 5 heteroatoms. The first-order valence-corrected chi connectivity index (χ1v) is 9.17. The second-order valence-electron chi connectivity index (χ2n) is 7.19. The van der Waals surface area contributed by atoms with Crippen LogP contribution in [0.2, 0.25) is 0 Å². The SMILES string of the molecule is Cc1ccc(NC(=O)C[NH+](C)[C@@H](C)C(=O)c2c(C)[nH]c3ccccc23)cc1. The lowest BCUT2D eigenvalue weighted by Crippen LogP contribution is -3.14. The lowest BCUT2D eigenvalue weighted by molar-refractivity contribution is -0.885. The zero-order valence-electron chi connectivity index (χ0n) is 16.2. The Bertz CT molecular complexity index is 973. The van der Waals surface area contributed by atoms with Gasteiger partial charge in [0.1, 0.15) is 6.04 Å². The lowest BCUT2D eigenvalue weighted by Gasteiger charge is -2.20. The van der Waals surface area contributed by atoms with Gasteiger partial charge in [-0.15, -0.1) is 0 Å². The van der Waals surface area contributed by atoms with Gasteiger partial charge in [-0.25, -0.2) is 0 Å². The van der Waals surface area contributed by atoms with Crippen molar-refractivity contribution >= 4 is 28.3 Å². The number of H-pyrrole nitrogens is 1. The van der Waals surface area contributed by atoms with Crippen LogP contribution in [0.15, 0.2) is 48.5 Å². The Morgan fingerprint density at radius 3 is 2.44 bits per heavy atom. The van der Waals surface area contributed by atoms with Crippen LogP contribution in [0.4, 0.5) is 5.69 Å². The van der Waals surface area contributed by atoms with E-state index in [4.69, 9.17) is 0 Å². The predicted octanol–water partition coefficient (Wildman–Crippen LogP) is 2.51. The summed E-state index contributed by atoms with van der Waals surface area (Å²) in [5.41, 5.74) is 4.45. The molecule has 0 aliphatic heterocycles. The number of Topliss-reactive ketones (excluding diaryl/α,β-unsaturated/α-hetero) is 1. The molecule has 0 saturated heterocycles. The Balaban J connectivity index is 1.69. The molecular weight excluding hydrogens is 338 g/mol. The summed E-state index contributed by atoms with van der Waals surface area (Å²) in [6, 6.07) is 15.2. The number of hydrogen-bond donors (Lipinski definition) is 3. The van der Waals surface area contributed by atoms with Gasteiger partial charge in [-0.3, -0.25) is 9.59 Å². The van der Waals surface area contributed by atoms with E-state index in [-0.39, 0.29) is 24.3 Å². The molecule has 2 atom stereocenters. The average Bonchev–Trinajstić information content (AvgIpc) is 2.98. The predicted molar refractivity (Wildman–Crippen MR) is 108 cm³/mol. The molecule has 2 aromatic carbocycles. The van der Waals surface area contributed by atoms with Crippen molar-refractivity contribution in [2.45, 2.75) is 26.8 Å². The summed E-state index contributed by atoms with van der Waals surface area (Å²) in [6.07, 6.45) is 0. The number of ketones is 1. The molecule has 3 N–H and O–H groups in total. The average molecular weight is 364 g/mol. The van der Waals surface area contributed by atoms with Gasteiger partial charge in [0, 0.05) is 22.3 Å². The number of amides is 1. The van der Waals surface area contributed by atoms with Crippen molar-refractivity contribution in [2.75, 3.05) is 18.9 Å². The summed E-state index contributed by atoms with van der Waals surface area (Å²) in [6.45, 7) is 6.02. The Morgan fingerprint density at radius 2 is 1.74 bits per heavy atom. The number of anilines is 1. The molecule has 1 unspecified atom stereocenters. The number of fused-ring (bicyclic) bond motifs is 1. The van der Waals surface area contributed by atoms with Gasteiger partial charge < -0.3 is 15.2 Å². The van der Waals surface area contributed by atoms with Crippen LogP contribution in [0.5, 0.6) is 0 Å². The highest BCUT2D eigenvalue weighted by atomic mass is 16.2. The molecule has 0 aliphatic rings. The van der Waals surface area contributed by atoms with Gasteiger partial charge in [-0.05, 0) is 39.0 Å². The summed E-state index contributed by atoms with van der Waals surface area (Å²) >= 11 is 0. The number of likely N-dealkylation sites (N-methyl/N-ethyl adjacent to an activating group) is 1. The van der Waals surface area contributed by atoms with Crippen LogP contribution in [-0.2, 0) is 4.79 Å². The number of carbonyl (C=O) groups is 2. The van der Waals surface area contributed by atoms with Crippen LogP contribution in [-0.4, -0.2) is 36.3 Å². The molecule has 0 bridgehead atoms. The van der Waals surface area contributed by atoms with Gasteiger partial charge in [0.05, 0.1) is 12.6 Å². The van der Waals surface area contributed by atoms with E-state index in [1.165, 1.54) is 0 Å². The third kappa shape index (κ3) is 4.09. The number of benzene rings is 2. The van der Waals surface area contributed by atoms with Gasteiger partial charge in [-0.1, -0.05) is 35.9 Å². The lowest BCUT2D eigenvalue weighted by atomic mass is 10.0. The van der Waals surface area contributed by atoms with Crippen molar-refractivity contribution in [2.24, 2.45) is 0 Å². The Morgan fingerprint density at radius 1 is 1.07 bits per heavy atom. The minimum atomic E-state index is -0.327. The van der Waals surface area contributed by atoms with E-state index in [1.807, 2.05) is 76.3 Å². The first-order chi connectivity index (χ1) is 12.9. The van der Waals surface area contributed by atoms with E-state index in [0.717, 1.165) is 38.3 Å². The fourth-order valence-electron chi connectivity index (χ4n) is 3.28. The smallest absolute Gasteiger partial charge is 0.279 e. The Hall–Kier alpha value is -2.92. The standard InChI is InChI=1S/C22H25N3O2/c1-14-9-11-17(12-10-14)24-20(26)13-25(4)16(3)22(27)21-15(2)23-19-8-6-5-7-18(19)21/h5-12,16,23H,13H2,1-4H3,(H,24,26)/p+1/t16-/m0/s1. The van der Waals surface area contributed by atoms with Gasteiger partial charge in [-0.2, -0.15) is 0 Å². The normalized spacial score (nSPS) is 13.3. The second kappa shape index (κ2) is 7.76. The largest absolute Gasteiger partial charge is 0.358 e. The van der Waals surface area contributed by atoms with Crippen LogP contribution in [0.3, 0.4) is 0 Å². The Kier molecular flexibility index (Phi) is 5.42. The minimum absolute atomic E-state index is 0.0468. The number of carbonyl (C=O) groups excluding carboxylic acids is 2. The van der Waals surface area contributed by atoms with E-state index in [0.29, 0.717) is 0 Å². The zero-order valence-corrected chi connectivity index (χ0v) is 16.2. The number of nitrogens with one attached hydrogen (secondary N) is 3. The number of hydrogen-bond acceptors (Lipinski definition) is 2. The quantitative estimate of drug-likeness (QED) is 0.589. The molecule has 1 amide bonds. The van der Waals surface area contributed by atoms with Gasteiger partial charge >= 0.3 is 0 Å². The van der Waals surface area contributed by atoms with Crippen LogP contribution < -0.4 is 10.2 Å². The molecule has 1 heterocycles. The van der Waals surface area contributed by atoms with E-state index in [1.54, 1.807) is 0 Å². The third-order valence-corrected chi connectivity index (χ3v) is 5.05. The molecule has 3 rings (SSSR count). The highest BCUT2D eigenvalue weighted by Gasteiger charge is 2.28. The molecule has 27 heavy (non-hydrogen) atoms. The van der Waals surface area contributed by atoms with Crippen LogP contribution in [0.1, 0.15) is 28.5 Å². The second-order valence-corrected chi connectivity index (χ2v) is 7.19. The maximum Gasteiger partial charge on any atom is 0.279 e. The van der Waals surface area contributed by atoms with Crippen LogP contribution in [0.25, 0.3) is 10.9 Å². The first kappa shape index (κ1) is 18.9. The molecule has 3 aromatic rings. The van der Waals surface area contributed by atoms with Crippen molar-refractivity contribution in [1.82, 2.24) is 4.98 Å². The Labute approximate surface area is 159 Å². The molecule has 0 saturated carbocycles. The minimum Gasteiger partial charge on any atom is -0.358 e. The van der Waals surface area contributed by atoms with Crippen molar-refractivity contribution in [3.63, 3.8) is 0 Å². The molecule has 140 valence electrons. The summed E-state index contributed by atoms with van der Waals surface area (Å²) in [5.74, 6) is -0.0581. The fraction of sp³-hybridized carbons (Fsp3) is 0.273. The third-order valence-electron chi connectivity index (χ3n) is 5.05. The monoisotopic (exact) mass is 364 g/mol. The summed E-state index contributed by atoms with van der Waals surface area (Å²) in [7, 11) is 1.88. The molecule has 1 aromatic heterocycles. The molecular formula is C22H26N3O2+. The zero-order chi connectivity index (χ0) is 19.6. The first-order valence-electron chi connectivity index (χ1n) is 9.17. The molecule has 0 aliphatic carbocycles. The number of para-hydroxylation sites is 1. The highest BCUT2D eigenvalue weighted by Crippen LogP contribution is 2.22. The van der Waals surface area contributed by atoms with Gasteiger partial charge in [0.2, 0.25) is 5.78 Å². The topological polar surface area (TPSA) is 66.4 Å². The van der Waals surface area contributed by atoms with E-state index >= 15 is 0 Å². The van der Waals surface area contributed by atoms with Gasteiger partial charge in [0.15, 0.2) is 6.54 Å². The van der Waals surface area contributed by atoms with Crippen LogP contribution in [0, 0.1) is 13.8 Å². The summed E-state index contributed by atoms with van der Waals surface area (Å²) in [4.78, 5) is 29.6. The van der Waals surface area contributed by atoms with E-state index < -0.39 is 0 Å². The van der Waals surface area contributed by atoms with Gasteiger partial charge in [0.25, 0.3) is 5.91 Å². The maximum absolute atomic E-state index is 13.1. The fourth-order valence-corrected chi connectivity index (χ4v) is 3.28. The molecule has 0 radical (unpaired) electrons. The number of aryl methyl sites for hydroxylation is 2. The van der Waals surface area contributed by atoms with Crippen molar-refractivity contribution in [1.29, 1.82) is 0 Å². The number of aromatic amines is 1. The summed E-state index contributed by atoms with van der Waals surface area (Å²) < 4.78 is 0. The molecule has 0 spiro atoms. The van der Waals surface area contributed by atoms with Crippen molar-refractivity contribution in [3.05, 3.63) is 65.4 Å². The van der Waals surface area contributed by atoms with E-state index in [2.05, 4.69) is 10.3 Å². The summed E-state index contributed by atoms with van der Waals surface area (Å²) in [5, 5.41) is 3.83.